The number of carbonyl (C=O) groups excluding carboxylic acids is 6. The summed E-state index contributed by atoms with van der Waals surface area (Å²) in [6, 6.07) is 2.36. The molecular weight excluding hydrogens is 1070 g/mol. The van der Waals surface area contributed by atoms with Gasteiger partial charge < -0.3 is 41.3 Å². The van der Waals surface area contributed by atoms with Gasteiger partial charge in [0.1, 0.15) is 6.04 Å². The van der Waals surface area contributed by atoms with Gasteiger partial charge in [0, 0.05) is 142 Å². The normalized spacial score (nSPS) is 19.5. The number of benzene rings is 1. The first-order valence-electron chi connectivity index (χ1n) is 23.0. The second kappa shape index (κ2) is 29.9. The monoisotopic (exact) mass is 1130 g/mol. The average molecular weight is 1130 g/mol. The molecule has 69 heavy (non-hydrogen) atoms. The molecule has 5 amide bonds. The number of nitrogens with one attached hydrogen (secondary N) is 3. The van der Waals surface area contributed by atoms with Crippen LogP contribution in [0.1, 0.15) is 79.8 Å². The maximum absolute atomic E-state index is 13.9. The van der Waals surface area contributed by atoms with Crippen molar-refractivity contribution in [1.29, 1.82) is 0 Å². The largest absolute Gasteiger partial charge is 0.481 e. The predicted octanol–water partition coefficient (Wildman–Crippen LogP) is -0.571. The molecule has 22 nitrogen and oxygen atoms in total. The van der Waals surface area contributed by atoms with E-state index in [9.17, 15) is 68.4 Å². The van der Waals surface area contributed by atoms with E-state index in [1.165, 1.54) is 16.7 Å². The fourth-order valence-corrected chi connectivity index (χ4v) is 9.09. The Morgan fingerprint density at radius 2 is 1.46 bits per heavy atom. The number of carboxylic acids is 4. The van der Waals surface area contributed by atoms with E-state index in [0.717, 1.165) is 5.56 Å². The number of amides is 5. The van der Waals surface area contributed by atoms with Crippen LogP contribution in [0.25, 0.3) is 0 Å². The van der Waals surface area contributed by atoms with Gasteiger partial charge in [-0.05, 0) is 61.3 Å². The molecule has 2 fully saturated rings. The van der Waals surface area contributed by atoms with Crippen LogP contribution in [0.15, 0.2) is 18.2 Å². The third-order valence-corrected chi connectivity index (χ3v) is 12.9. The van der Waals surface area contributed by atoms with Crippen LogP contribution in [-0.4, -0.2) is 213 Å². The number of Topliss-reactive ketones (excluding diaryl/α,β-unsaturated/α-hetero) is 1. The third kappa shape index (κ3) is 19.9. The number of carboxylic acid groups (broad SMARTS) is 4. The molecule has 1 aromatic carbocycles. The predicted molar refractivity (Wildman–Crippen MR) is 247 cm³/mol. The summed E-state index contributed by atoms with van der Waals surface area (Å²) in [5, 5.41) is 46.8. The quantitative estimate of drug-likeness (QED) is 0.0504. The zero-order chi connectivity index (χ0) is 49.9. The van der Waals surface area contributed by atoms with E-state index in [0.29, 0.717) is 42.7 Å². The first-order valence-corrected chi connectivity index (χ1v) is 24.4. The Kier molecular flexibility index (Phi) is 25.6. The molecule has 0 aromatic heterocycles. The minimum Gasteiger partial charge on any atom is -0.481 e. The Morgan fingerprint density at radius 3 is 2.09 bits per heavy atom. The molecule has 1 aromatic rings. The maximum atomic E-state index is 13.9. The molecule has 384 valence electrons. The maximum Gasteiger partial charge on any atom is 0.326 e. The van der Waals surface area contributed by atoms with Crippen molar-refractivity contribution in [3.05, 3.63) is 34.9 Å². The summed E-state index contributed by atoms with van der Waals surface area (Å²) in [6.07, 6.45) is 2.51. The Labute approximate surface area is 437 Å². The molecule has 0 spiro atoms. The number of unbranched alkanes of at least 4 members (excludes halogenated alkanes) is 1. The van der Waals surface area contributed by atoms with E-state index in [1.807, 2.05) is 17.2 Å². The SMILES string of the molecule is CSCC[C@H](NC(=O)c1cccc2c1CCN(C(=O)CN1CCN(CC(=O)O)CCNC(CC(=O)O)CN(CC(=O)O)CC1)C2)C(=O)CCC(=O)N[C@@H](CCCCN1C(=O)CC(C)C1=O)C(=O)O.[Gd]. The molecule has 0 bridgehead atoms. The van der Waals surface area contributed by atoms with Gasteiger partial charge in [-0.1, -0.05) is 19.1 Å². The second-order valence-corrected chi connectivity index (χ2v) is 18.5. The summed E-state index contributed by atoms with van der Waals surface area (Å²) in [7, 11) is 0. The van der Waals surface area contributed by atoms with Crippen molar-refractivity contribution in [2.24, 2.45) is 5.92 Å². The van der Waals surface area contributed by atoms with Gasteiger partial charge in [-0.15, -0.1) is 0 Å². The molecule has 0 radical (unpaired) electrons. The first-order chi connectivity index (χ1) is 32.3. The number of likely N-dealkylation sites (tertiary alicyclic amines) is 1. The van der Waals surface area contributed by atoms with Crippen molar-refractivity contribution in [3.63, 3.8) is 0 Å². The van der Waals surface area contributed by atoms with Gasteiger partial charge in [0.2, 0.25) is 23.6 Å². The van der Waals surface area contributed by atoms with Crippen LogP contribution in [0.5, 0.6) is 0 Å². The van der Waals surface area contributed by atoms with E-state index in [-0.39, 0.29) is 181 Å². The van der Waals surface area contributed by atoms with Crippen LogP contribution >= 0.6 is 11.8 Å². The molecule has 7 N–H and O–H groups in total. The molecule has 2 saturated heterocycles. The van der Waals surface area contributed by atoms with Crippen LogP contribution in [-0.2, 0) is 56.1 Å². The van der Waals surface area contributed by atoms with E-state index < -0.39 is 59.6 Å². The Bertz CT molecular complexity index is 2010. The Morgan fingerprint density at radius 1 is 0.797 bits per heavy atom. The number of ketones is 1. The summed E-state index contributed by atoms with van der Waals surface area (Å²) in [4.78, 5) is 133. The van der Waals surface area contributed by atoms with Gasteiger partial charge in [0.15, 0.2) is 5.78 Å². The third-order valence-electron chi connectivity index (χ3n) is 12.3. The zero-order valence-electron chi connectivity index (χ0n) is 39.2. The molecule has 3 aliphatic rings. The molecule has 3 heterocycles. The summed E-state index contributed by atoms with van der Waals surface area (Å²) in [5.74, 6) is -6.62. The number of aliphatic carboxylic acids is 4. The Balaban J connectivity index is 0.0000126. The Hall–Kier alpha value is -4.17. The number of hydrogen-bond donors (Lipinski definition) is 7. The number of rotatable bonds is 24. The summed E-state index contributed by atoms with van der Waals surface area (Å²) in [6.45, 7) is 3.28. The van der Waals surface area contributed by atoms with Gasteiger partial charge in [0.05, 0.1) is 32.1 Å². The molecule has 0 aliphatic carbocycles. The number of imide groups is 1. The van der Waals surface area contributed by atoms with Crippen molar-refractivity contribution in [3.8, 4) is 0 Å². The van der Waals surface area contributed by atoms with Crippen LogP contribution in [0.2, 0.25) is 0 Å². The minimum absolute atomic E-state index is 0. The van der Waals surface area contributed by atoms with Gasteiger partial charge in [-0.3, -0.25) is 62.8 Å². The van der Waals surface area contributed by atoms with Gasteiger partial charge in [-0.25, -0.2) is 4.79 Å². The number of fused-ring (bicyclic) bond motifs is 1. The van der Waals surface area contributed by atoms with E-state index in [4.69, 9.17) is 0 Å². The molecule has 4 rings (SSSR count). The molecule has 24 heteroatoms. The van der Waals surface area contributed by atoms with Crippen LogP contribution in [0.4, 0.5) is 0 Å². The van der Waals surface area contributed by atoms with Gasteiger partial charge in [0.25, 0.3) is 5.91 Å². The van der Waals surface area contributed by atoms with Crippen molar-refractivity contribution >= 4 is 71.0 Å². The summed E-state index contributed by atoms with van der Waals surface area (Å²) in [5.41, 5.74) is 1.77. The average Bonchev–Trinajstić information content (AvgIpc) is 3.52. The van der Waals surface area contributed by atoms with Crippen molar-refractivity contribution in [1.82, 2.24) is 40.4 Å². The minimum atomic E-state index is -1.26. The van der Waals surface area contributed by atoms with E-state index in [1.54, 1.807) is 33.8 Å². The fourth-order valence-electron chi connectivity index (χ4n) is 8.62. The first kappa shape index (κ1) is 59.1. The van der Waals surface area contributed by atoms with Crippen LogP contribution < -0.4 is 16.0 Å². The van der Waals surface area contributed by atoms with Crippen LogP contribution in [0.3, 0.4) is 0 Å². The van der Waals surface area contributed by atoms with Crippen LogP contribution in [0, 0.1) is 45.9 Å². The topological polar surface area (TPSA) is 304 Å². The molecule has 3 aliphatic heterocycles. The number of nitrogens with zero attached hydrogens (tertiary/aromatic N) is 5. The van der Waals surface area contributed by atoms with Gasteiger partial charge in [-0.2, -0.15) is 11.8 Å². The molecule has 0 saturated carbocycles. The van der Waals surface area contributed by atoms with E-state index >= 15 is 0 Å². The second-order valence-electron chi connectivity index (χ2n) is 17.5. The van der Waals surface area contributed by atoms with E-state index in [2.05, 4.69) is 16.0 Å². The summed E-state index contributed by atoms with van der Waals surface area (Å²) < 4.78 is 0. The van der Waals surface area contributed by atoms with Crippen molar-refractivity contribution < 1.29 is 108 Å². The molecular formula is C45H66GdN8O14S. The standard InChI is InChI=1S/C45H66N8O14S.Gd/c1-29-22-38(56)53(44(29)65)14-4-3-8-35(45(66)67)47-37(55)10-9-36(54)34(12-21-68-2)48-43(64)33-7-5-6-30-24-52(15-11-32(30)33)39(57)26-50-18-17-49(27-41(60)61)16-13-46-31(23-40(58)59)25-51(20-19-50)28-42(62)63;/h5-7,29,31,34-35,46H,3-4,8-28H2,1-2H3,(H,47,55)(H,48,64)(H,58,59)(H,60,61)(H,62,63)(H,66,67);/t29?,31?,34-,35-;/m0./s1. The number of hydrogen-bond acceptors (Lipinski definition) is 15. The smallest absolute Gasteiger partial charge is 0.326 e. The van der Waals surface area contributed by atoms with Gasteiger partial charge >= 0.3 is 23.9 Å². The zero-order valence-corrected chi connectivity index (χ0v) is 42.3. The number of carbonyl (C=O) groups is 10. The number of thioether (sulfide) groups is 1. The molecule has 4 atom stereocenters. The van der Waals surface area contributed by atoms with Crippen molar-refractivity contribution in [2.75, 3.05) is 90.5 Å². The fraction of sp³-hybridized carbons (Fsp3) is 0.644. The van der Waals surface area contributed by atoms with Crippen molar-refractivity contribution in [2.45, 2.75) is 89.4 Å². The summed E-state index contributed by atoms with van der Waals surface area (Å²) >= 11 is 1.47. The molecule has 2 unspecified atom stereocenters.